The van der Waals surface area contributed by atoms with Crippen LogP contribution in [0.2, 0.25) is 0 Å². The van der Waals surface area contributed by atoms with Crippen molar-refractivity contribution in [3.8, 4) is 0 Å². The highest BCUT2D eigenvalue weighted by Gasteiger charge is 2.07. The quantitative estimate of drug-likeness (QED) is 0.874. The minimum atomic E-state index is -0.745. The highest BCUT2D eigenvalue weighted by atomic mass is 79.9. The number of carbonyl (C=O) groups is 1. The van der Waals surface area contributed by atoms with Gasteiger partial charge in [-0.25, -0.2) is 0 Å². The Morgan fingerprint density at radius 2 is 2.12 bits per heavy atom. The molecule has 0 bridgehead atoms. The summed E-state index contributed by atoms with van der Waals surface area (Å²) in [5, 5.41) is 8.64. The molecule has 0 heterocycles. The Morgan fingerprint density at radius 1 is 1.44 bits per heavy atom. The van der Waals surface area contributed by atoms with Crippen LogP contribution in [-0.4, -0.2) is 29.1 Å². The number of hydrogen-bond acceptors (Lipinski definition) is 2. The zero-order valence-electron chi connectivity index (χ0n) is 9.32. The molecule has 0 radical (unpaired) electrons. The first-order valence-corrected chi connectivity index (χ1v) is 6.10. The summed E-state index contributed by atoms with van der Waals surface area (Å²) < 4.78 is 1.07. The van der Waals surface area contributed by atoms with E-state index in [1.165, 1.54) is 5.56 Å². The molecule has 0 spiro atoms. The van der Waals surface area contributed by atoms with Gasteiger partial charge in [-0.2, -0.15) is 0 Å². The predicted molar refractivity (Wildman–Crippen MR) is 67.3 cm³/mol. The summed E-state index contributed by atoms with van der Waals surface area (Å²) in [4.78, 5) is 12.6. The lowest BCUT2D eigenvalue weighted by Gasteiger charge is -2.20. The first-order chi connectivity index (χ1) is 7.63. The lowest BCUT2D eigenvalue weighted by atomic mass is 10.2. The third-order valence-electron chi connectivity index (χ3n) is 2.44. The summed E-state index contributed by atoms with van der Waals surface area (Å²) in [5.41, 5.74) is 1.19. The van der Waals surface area contributed by atoms with Crippen LogP contribution in [0, 0.1) is 0 Å². The van der Waals surface area contributed by atoms with Gasteiger partial charge >= 0.3 is 5.97 Å². The number of carboxylic acids is 1. The molecule has 0 unspecified atom stereocenters. The van der Waals surface area contributed by atoms with Crippen LogP contribution in [0.25, 0.3) is 0 Å². The fourth-order valence-corrected chi connectivity index (χ4v) is 1.88. The van der Waals surface area contributed by atoms with E-state index in [2.05, 4.69) is 20.8 Å². The molecule has 1 aromatic carbocycles. The van der Waals surface area contributed by atoms with Crippen LogP contribution in [0.4, 0.5) is 0 Å². The molecule has 1 aromatic rings. The summed E-state index contributed by atoms with van der Waals surface area (Å²) in [5.74, 6) is -0.745. The zero-order valence-corrected chi connectivity index (χ0v) is 10.9. The molecule has 4 heteroatoms. The third kappa shape index (κ3) is 4.33. The van der Waals surface area contributed by atoms with Gasteiger partial charge in [-0.3, -0.25) is 9.69 Å². The Bertz CT molecular complexity index is 355. The molecule has 0 atom stereocenters. The Morgan fingerprint density at radius 3 is 2.69 bits per heavy atom. The number of benzene rings is 1. The lowest BCUT2D eigenvalue weighted by Crippen LogP contribution is -2.25. The molecule has 0 aliphatic heterocycles. The van der Waals surface area contributed by atoms with Gasteiger partial charge in [0.2, 0.25) is 0 Å². The van der Waals surface area contributed by atoms with Crippen LogP contribution in [0.1, 0.15) is 18.9 Å². The summed E-state index contributed by atoms with van der Waals surface area (Å²) in [6.07, 6.45) is 0.193. The van der Waals surface area contributed by atoms with Crippen molar-refractivity contribution in [1.29, 1.82) is 0 Å². The van der Waals surface area contributed by atoms with Crippen molar-refractivity contribution in [2.24, 2.45) is 0 Å². The van der Waals surface area contributed by atoms with Crippen LogP contribution in [0.15, 0.2) is 28.7 Å². The molecule has 88 valence electrons. The predicted octanol–water partition coefficient (Wildman–Crippen LogP) is 2.75. The second kappa shape index (κ2) is 6.66. The van der Waals surface area contributed by atoms with E-state index in [9.17, 15) is 4.79 Å². The van der Waals surface area contributed by atoms with Crippen molar-refractivity contribution in [2.75, 3.05) is 13.1 Å². The van der Waals surface area contributed by atoms with E-state index in [4.69, 9.17) is 5.11 Å². The van der Waals surface area contributed by atoms with Gasteiger partial charge in [0.25, 0.3) is 0 Å². The summed E-state index contributed by atoms with van der Waals surface area (Å²) in [6.45, 7) is 4.27. The van der Waals surface area contributed by atoms with Gasteiger partial charge in [0.15, 0.2) is 0 Å². The largest absolute Gasteiger partial charge is 0.481 e. The van der Waals surface area contributed by atoms with E-state index in [-0.39, 0.29) is 6.42 Å². The van der Waals surface area contributed by atoms with E-state index in [1.54, 1.807) is 0 Å². The zero-order chi connectivity index (χ0) is 12.0. The maximum absolute atomic E-state index is 10.5. The maximum atomic E-state index is 10.5. The number of carboxylic acid groups (broad SMARTS) is 1. The fraction of sp³-hybridized carbons (Fsp3) is 0.417. The maximum Gasteiger partial charge on any atom is 0.304 e. The first-order valence-electron chi connectivity index (χ1n) is 5.31. The van der Waals surface area contributed by atoms with E-state index >= 15 is 0 Å². The molecule has 1 rings (SSSR count). The fourth-order valence-electron chi connectivity index (χ4n) is 1.47. The van der Waals surface area contributed by atoms with Crippen molar-refractivity contribution in [1.82, 2.24) is 4.90 Å². The standard InChI is InChI=1S/C12H16BrNO2/c1-2-14(8-7-12(15)16)9-10-5-3-4-6-11(10)13/h3-6H,2,7-9H2,1H3,(H,15,16). The second-order valence-corrected chi connectivity index (χ2v) is 4.46. The van der Waals surface area contributed by atoms with E-state index in [0.29, 0.717) is 6.54 Å². The van der Waals surface area contributed by atoms with E-state index < -0.39 is 5.97 Å². The number of hydrogen-bond donors (Lipinski definition) is 1. The monoisotopic (exact) mass is 285 g/mol. The van der Waals surface area contributed by atoms with Crippen molar-refractivity contribution in [3.05, 3.63) is 34.3 Å². The van der Waals surface area contributed by atoms with Crippen molar-refractivity contribution < 1.29 is 9.90 Å². The molecule has 0 amide bonds. The minimum absolute atomic E-state index is 0.193. The van der Waals surface area contributed by atoms with Crippen LogP contribution in [0.3, 0.4) is 0 Å². The second-order valence-electron chi connectivity index (χ2n) is 3.60. The van der Waals surface area contributed by atoms with Crippen molar-refractivity contribution >= 4 is 21.9 Å². The highest BCUT2D eigenvalue weighted by molar-refractivity contribution is 9.10. The van der Waals surface area contributed by atoms with Gasteiger partial charge in [-0.15, -0.1) is 0 Å². The highest BCUT2D eigenvalue weighted by Crippen LogP contribution is 2.17. The molecule has 0 saturated carbocycles. The Hall–Kier alpha value is -0.870. The van der Waals surface area contributed by atoms with E-state index in [0.717, 1.165) is 17.6 Å². The Labute approximate surface area is 104 Å². The number of aliphatic carboxylic acids is 1. The number of halogens is 1. The summed E-state index contributed by atoms with van der Waals surface area (Å²) >= 11 is 3.49. The Kier molecular flexibility index (Phi) is 5.49. The van der Waals surface area contributed by atoms with Gasteiger partial charge in [0, 0.05) is 17.6 Å². The normalized spacial score (nSPS) is 10.7. The van der Waals surface area contributed by atoms with Crippen LogP contribution in [0.5, 0.6) is 0 Å². The molecule has 0 aromatic heterocycles. The van der Waals surface area contributed by atoms with Gasteiger partial charge in [0.1, 0.15) is 0 Å². The minimum Gasteiger partial charge on any atom is -0.481 e. The van der Waals surface area contributed by atoms with Gasteiger partial charge < -0.3 is 5.11 Å². The van der Waals surface area contributed by atoms with Gasteiger partial charge in [-0.05, 0) is 18.2 Å². The molecule has 0 fully saturated rings. The molecule has 3 nitrogen and oxygen atoms in total. The molecule has 1 N–H and O–H groups in total. The number of nitrogens with zero attached hydrogens (tertiary/aromatic N) is 1. The summed E-state index contributed by atoms with van der Waals surface area (Å²) in [7, 11) is 0. The van der Waals surface area contributed by atoms with Crippen molar-refractivity contribution in [2.45, 2.75) is 19.9 Å². The van der Waals surface area contributed by atoms with Crippen LogP contribution in [-0.2, 0) is 11.3 Å². The van der Waals surface area contributed by atoms with Crippen LogP contribution >= 0.6 is 15.9 Å². The van der Waals surface area contributed by atoms with E-state index in [1.807, 2.05) is 31.2 Å². The van der Waals surface area contributed by atoms with Crippen molar-refractivity contribution in [3.63, 3.8) is 0 Å². The van der Waals surface area contributed by atoms with Gasteiger partial charge in [0.05, 0.1) is 6.42 Å². The average molecular weight is 286 g/mol. The summed E-state index contributed by atoms with van der Waals surface area (Å²) in [6, 6.07) is 8.01. The van der Waals surface area contributed by atoms with Crippen LogP contribution < -0.4 is 0 Å². The molecule has 0 saturated heterocycles. The van der Waals surface area contributed by atoms with Gasteiger partial charge in [-0.1, -0.05) is 41.1 Å². The topological polar surface area (TPSA) is 40.5 Å². The molecular weight excluding hydrogens is 270 g/mol. The SMILES string of the molecule is CCN(CCC(=O)O)Cc1ccccc1Br. The molecule has 0 aliphatic carbocycles. The molecule has 16 heavy (non-hydrogen) atoms. The molecular formula is C12H16BrNO2. The third-order valence-corrected chi connectivity index (χ3v) is 3.21. The molecule has 0 aliphatic rings. The smallest absolute Gasteiger partial charge is 0.304 e. The Balaban J connectivity index is 2.56. The number of rotatable bonds is 6. The first kappa shape index (κ1) is 13.2. The lowest BCUT2D eigenvalue weighted by molar-refractivity contribution is -0.137. The average Bonchev–Trinajstić information content (AvgIpc) is 2.26.